The molecule has 1 atom stereocenters. The van der Waals surface area contributed by atoms with Gasteiger partial charge in [-0.3, -0.25) is 4.79 Å². The van der Waals surface area contributed by atoms with Crippen molar-refractivity contribution >= 4 is 22.5 Å². The van der Waals surface area contributed by atoms with Crippen LogP contribution >= 0.6 is 0 Å². The van der Waals surface area contributed by atoms with Crippen LogP contribution in [0, 0.1) is 12.3 Å². The number of oxazole rings is 1. The molecule has 12 heteroatoms. The Morgan fingerprint density at radius 1 is 1.33 bits per heavy atom. The predicted octanol–water partition coefficient (Wildman–Crippen LogP) is 3.83. The van der Waals surface area contributed by atoms with E-state index >= 15 is 0 Å². The number of alkyl halides is 3. The average molecular weight is 501 g/mol. The van der Waals surface area contributed by atoms with Gasteiger partial charge in [0.1, 0.15) is 29.6 Å². The van der Waals surface area contributed by atoms with Crippen molar-refractivity contribution in [3.05, 3.63) is 41.4 Å². The molecule has 36 heavy (non-hydrogen) atoms. The Balaban J connectivity index is 1.71. The second kappa shape index (κ2) is 9.87. The fraction of sp³-hybridized carbons (Fsp3) is 0.333. The number of nitrogens with two attached hydrogens (primary N) is 1. The topological polar surface area (TPSA) is 125 Å². The third-order valence-corrected chi connectivity index (χ3v) is 5.51. The first-order valence-corrected chi connectivity index (χ1v) is 10.9. The number of aromatic nitrogens is 2. The number of methoxy groups -OCH3 is 1. The summed E-state index contributed by atoms with van der Waals surface area (Å²) >= 11 is 0. The highest BCUT2D eigenvalue weighted by molar-refractivity contribution is 5.99. The van der Waals surface area contributed by atoms with E-state index in [4.69, 9.17) is 26.1 Å². The Kier molecular flexibility index (Phi) is 6.85. The van der Waals surface area contributed by atoms with E-state index < -0.39 is 23.8 Å². The molecule has 9 nitrogen and oxygen atoms in total. The summed E-state index contributed by atoms with van der Waals surface area (Å²) in [6.07, 6.45) is 1.84. The smallest absolute Gasteiger partial charge is 0.433 e. The summed E-state index contributed by atoms with van der Waals surface area (Å²) in [5.41, 5.74) is 5.82. The maximum Gasteiger partial charge on any atom is 0.433 e. The summed E-state index contributed by atoms with van der Waals surface area (Å²) in [6, 6.07) is 3.79. The van der Waals surface area contributed by atoms with Crippen LogP contribution in [-0.4, -0.2) is 41.3 Å². The zero-order chi connectivity index (χ0) is 26.0. The number of carbonyl (C=O) groups is 1. The van der Waals surface area contributed by atoms with Crippen molar-refractivity contribution < 1.29 is 32.0 Å². The van der Waals surface area contributed by atoms with Gasteiger partial charge in [0.05, 0.1) is 12.8 Å². The van der Waals surface area contributed by atoms with Crippen LogP contribution in [0.3, 0.4) is 0 Å². The Bertz CT molecular complexity index is 1370. The van der Waals surface area contributed by atoms with E-state index in [1.165, 1.54) is 25.3 Å². The van der Waals surface area contributed by atoms with E-state index in [1.807, 2.05) is 6.92 Å². The number of hydrogen-bond acceptors (Lipinski definition) is 8. The van der Waals surface area contributed by atoms with E-state index in [9.17, 15) is 18.0 Å². The molecule has 3 aromatic rings. The van der Waals surface area contributed by atoms with E-state index in [0.717, 1.165) is 11.8 Å². The molecule has 2 aromatic heterocycles. The number of ether oxygens (including phenoxy) is 1. The molecule has 4 rings (SSSR count). The molecule has 0 saturated heterocycles. The fourth-order valence-corrected chi connectivity index (χ4v) is 3.69. The van der Waals surface area contributed by atoms with Gasteiger partial charge in [0, 0.05) is 29.8 Å². The van der Waals surface area contributed by atoms with Crippen LogP contribution < -0.4 is 15.8 Å². The maximum atomic E-state index is 13.2. The minimum absolute atomic E-state index is 0.0450. The first-order chi connectivity index (χ1) is 17.2. The van der Waals surface area contributed by atoms with Gasteiger partial charge in [0.2, 0.25) is 5.89 Å². The zero-order valence-corrected chi connectivity index (χ0v) is 19.3. The minimum Gasteiger partial charge on any atom is -0.494 e. The van der Waals surface area contributed by atoms with Crippen LogP contribution in [0.4, 0.5) is 13.2 Å². The Morgan fingerprint density at radius 3 is 2.72 bits per heavy atom. The van der Waals surface area contributed by atoms with Crippen LogP contribution in [0.2, 0.25) is 0 Å². The number of oxime groups is 1. The van der Waals surface area contributed by atoms with E-state index in [0.29, 0.717) is 19.4 Å². The van der Waals surface area contributed by atoms with E-state index in [1.54, 1.807) is 0 Å². The van der Waals surface area contributed by atoms with Crippen LogP contribution in [0.15, 0.2) is 33.8 Å². The number of fused-ring (bicyclic) bond motifs is 1. The molecule has 0 radical (unpaired) electrons. The molecule has 1 fully saturated rings. The van der Waals surface area contributed by atoms with Gasteiger partial charge in [-0.05, 0) is 31.2 Å². The third-order valence-electron chi connectivity index (χ3n) is 5.51. The molecule has 1 amide bonds. The molecule has 1 aromatic carbocycles. The summed E-state index contributed by atoms with van der Waals surface area (Å²) in [7, 11) is 1.32. The first-order valence-electron chi connectivity index (χ1n) is 10.9. The largest absolute Gasteiger partial charge is 0.494 e. The lowest BCUT2D eigenvalue weighted by Gasteiger charge is -2.27. The molecule has 2 heterocycles. The summed E-state index contributed by atoms with van der Waals surface area (Å²) in [5, 5.41) is 7.04. The lowest BCUT2D eigenvalue weighted by atomic mass is 9.90. The minimum atomic E-state index is -4.65. The highest BCUT2D eigenvalue weighted by atomic mass is 19.4. The van der Waals surface area contributed by atoms with Gasteiger partial charge >= 0.3 is 6.18 Å². The van der Waals surface area contributed by atoms with Crippen LogP contribution in [0.5, 0.6) is 5.75 Å². The Morgan fingerprint density at radius 2 is 2.08 bits per heavy atom. The SMILES string of the molecule is C#CC(N)c1oc(-c2ccc(OC)c3nc(C(F)(F)F)ccc23)nc1C(=O)NC1CC(=NOCC)C1. The van der Waals surface area contributed by atoms with Gasteiger partial charge in [-0.25, -0.2) is 9.97 Å². The van der Waals surface area contributed by atoms with Gasteiger partial charge in [0.15, 0.2) is 11.5 Å². The average Bonchev–Trinajstić information content (AvgIpc) is 3.28. The van der Waals surface area contributed by atoms with Gasteiger partial charge < -0.3 is 25.0 Å². The standard InChI is InChI=1S/C24H22F3N5O4/c1-4-16(28)21-20(22(33)29-12-10-13(11-12)32-35-5-2)31-23(36-21)15-6-8-17(34-3)19-14(15)7-9-18(30-19)24(25,26)27/h1,6-9,12,16H,5,10-11,28H2,2-3H3,(H,29,33). The quantitative estimate of drug-likeness (QED) is 0.372. The summed E-state index contributed by atoms with van der Waals surface area (Å²) in [4.78, 5) is 26.0. The summed E-state index contributed by atoms with van der Waals surface area (Å²) in [5.74, 6) is 1.78. The van der Waals surface area contributed by atoms with Crippen LogP contribution in [0.1, 0.15) is 47.7 Å². The lowest BCUT2D eigenvalue weighted by molar-refractivity contribution is -0.140. The molecule has 0 aliphatic heterocycles. The van der Waals surface area contributed by atoms with Crippen molar-refractivity contribution in [1.82, 2.24) is 15.3 Å². The van der Waals surface area contributed by atoms with Crippen molar-refractivity contribution in [2.45, 2.75) is 38.0 Å². The molecule has 1 aliphatic rings. The Labute approximate surface area is 203 Å². The second-order valence-electron chi connectivity index (χ2n) is 7.94. The number of hydrogen-bond donors (Lipinski definition) is 2. The molecular formula is C24H22F3N5O4. The fourth-order valence-electron chi connectivity index (χ4n) is 3.69. The number of terminal acetylenes is 1. The number of rotatable bonds is 7. The molecule has 188 valence electrons. The monoisotopic (exact) mass is 501 g/mol. The van der Waals surface area contributed by atoms with Gasteiger partial charge in [-0.15, -0.1) is 6.42 Å². The van der Waals surface area contributed by atoms with Gasteiger partial charge in [0.25, 0.3) is 5.91 Å². The van der Waals surface area contributed by atoms with Crippen molar-refractivity contribution in [2.75, 3.05) is 13.7 Å². The highest BCUT2D eigenvalue weighted by Crippen LogP contribution is 2.37. The number of pyridine rings is 1. The van der Waals surface area contributed by atoms with Crippen LogP contribution in [-0.2, 0) is 11.0 Å². The lowest BCUT2D eigenvalue weighted by Crippen LogP contribution is -2.45. The van der Waals surface area contributed by atoms with Crippen molar-refractivity contribution in [3.8, 4) is 29.5 Å². The number of benzene rings is 1. The maximum absolute atomic E-state index is 13.2. The van der Waals surface area contributed by atoms with E-state index in [-0.39, 0.29) is 45.6 Å². The van der Waals surface area contributed by atoms with Crippen molar-refractivity contribution in [1.29, 1.82) is 0 Å². The van der Waals surface area contributed by atoms with E-state index in [2.05, 4.69) is 26.4 Å². The molecular weight excluding hydrogens is 479 g/mol. The highest BCUT2D eigenvalue weighted by Gasteiger charge is 2.34. The molecule has 1 aliphatic carbocycles. The number of nitrogens with one attached hydrogen (secondary N) is 1. The normalized spacial score (nSPS) is 16.1. The molecule has 0 spiro atoms. The second-order valence-corrected chi connectivity index (χ2v) is 7.94. The Hall–Kier alpha value is -4.11. The molecule has 1 saturated carbocycles. The van der Waals surface area contributed by atoms with Gasteiger partial charge in [-0.2, -0.15) is 13.2 Å². The summed E-state index contributed by atoms with van der Waals surface area (Å²) < 4.78 is 50.7. The predicted molar refractivity (Wildman–Crippen MR) is 124 cm³/mol. The number of nitrogens with zero attached hydrogens (tertiary/aromatic N) is 3. The van der Waals surface area contributed by atoms with Crippen molar-refractivity contribution in [2.24, 2.45) is 10.9 Å². The van der Waals surface area contributed by atoms with Crippen LogP contribution in [0.25, 0.3) is 22.4 Å². The first kappa shape index (κ1) is 25.0. The van der Waals surface area contributed by atoms with Gasteiger partial charge in [-0.1, -0.05) is 11.1 Å². The zero-order valence-electron chi connectivity index (χ0n) is 19.3. The molecule has 3 N–H and O–H groups in total. The summed E-state index contributed by atoms with van der Waals surface area (Å²) in [6.45, 7) is 2.26. The third kappa shape index (κ3) is 4.83. The van der Waals surface area contributed by atoms with Crippen molar-refractivity contribution in [3.63, 3.8) is 0 Å². The number of amides is 1. The number of carbonyl (C=O) groups excluding carboxylic acids is 1. The molecule has 1 unspecified atom stereocenters. The number of halogens is 3. The molecule has 0 bridgehead atoms.